The maximum atomic E-state index is 13.1. The summed E-state index contributed by atoms with van der Waals surface area (Å²) in [7, 11) is 0. The molecule has 5 rings (SSSR count). The number of H-pyrrole nitrogens is 2. The minimum absolute atomic E-state index is 0.0900. The van der Waals surface area contributed by atoms with E-state index in [1.54, 1.807) is 0 Å². The van der Waals surface area contributed by atoms with Gasteiger partial charge in [0.25, 0.3) is 0 Å². The minimum atomic E-state index is 0.0900. The number of carbonyl (C=O) groups is 1. The Bertz CT molecular complexity index is 988. The van der Waals surface area contributed by atoms with Crippen molar-refractivity contribution >= 4 is 16.9 Å². The summed E-state index contributed by atoms with van der Waals surface area (Å²) >= 11 is 0. The highest BCUT2D eigenvalue weighted by Gasteiger charge is 2.33. The quantitative estimate of drug-likeness (QED) is 0.734. The molecule has 1 aliphatic heterocycles. The van der Waals surface area contributed by atoms with Gasteiger partial charge in [-0.25, -0.2) is 4.98 Å². The van der Waals surface area contributed by atoms with E-state index in [0.29, 0.717) is 11.8 Å². The molecule has 3 heterocycles. The van der Waals surface area contributed by atoms with Crippen LogP contribution in [0, 0.1) is 12.8 Å². The Balaban J connectivity index is 1.32. The number of imidazole rings is 1. The van der Waals surface area contributed by atoms with Crippen LogP contribution in [-0.4, -0.2) is 44.1 Å². The number of fused-ring (bicyclic) bond motifs is 2. The van der Waals surface area contributed by atoms with Crippen LogP contribution < -0.4 is 0 Å². The molecule has 1 aromatic carbocycles. The van der Waals surface area contributed by atoms with Gasteiger partial charge in [-0.2, -0.15) is 5.10 Å². The molecule has 0 bridgehead atoms. The highest BCUT2D eigenvalue weighted by Crippen LogP contribution is 2.30. The van der Waals surface area contributed by atoms with E-state index in [-0.39, 0.29) is 5.92 Å². The first-order chi connectivity index (χ1) is 13.2. The molecule has 1 aliphatic carbocycles. The van der Waals surface area contributed by atoms with Gasteiger partial charge in [0.2, 0.25) is 5.91 Å². The molecule has 0 radical (unpaired) electrons. The van der Waals surface area contributed by atoms with Crippen molar-refractivity contribution < 1.29 is 4.79 Å². The number of aromatic nitrogens is 4. The van der Waals surface area contributed by atoms with E-state index in [9.17, 15) is 4.79 Å². The molecule has 2 aromatic heterocycles. The lowest BCUT2D eigenvalue weighted by Gasteiger charge is -2.35. The molecule has 6 heteroatoms. The monoisotopic (exact) mass is 363 g/mol. The Morgan fingerprint density at radius 1 is 1.30 bits per heavy atom. The van der Waals surface area contributed by atoms with Gasteiger partial charge in [0, 0.05) is 30.6 Å². The average molecular weight is 363 g/mol. The summed E-state index contributed by atoms with van der Waals surface area (Å²) in [6.07, 6.45) is 6.65. The van der Waals surface area contributed by atoms with Crippen LogP contribution >= 0.6 is 0 Å². The zero-order valence-electron chi connectivity index (χ0n) is 15.7. The molecule has 27 heavy (non-hydrogen) atoms. The first-order valence-electron chi connectivity index (χ1n) is 9.93. The van der Waals surface area contributed by atoms with Gasteiger partial charge in [0.15, 0.2) is 0 Å². The van der Waals surface area contributed by atoms with Gasteiger partial charge < -0.3 is 9.88 Å². The van der Waals surface area contributed by atoms with Gasteiger partial charge in [-0.1, -0.05) is 6.07 Å². The third kappa shape index (κ3) is 3.03. The molecule has 0 spiro atoms. The number of nitrogens with zero attached hydrogens (tertiary/aromatic N) is 3. The van der Waals surface area contributed by atoms with Gasteiger partial charge in [-0.05, 0) is 62.3 Å². The molecule has 6 nitrogen and oxygen atoms in total. The summed E-state index contributed by atoms with van der Waals surface area (Å²) in [6, 6.07) is 6.31. The molecule has 2 atom stereocenters. The number of amides is 1. The van der Waals surface area contributed by atoms with Crippen LogP contribution in [0.1, 0.15) is 47.8 Å². The van der Waals surface area contributed by atoms with Crippen LogP contribution in [0.4, 0.5) is 0 Å². The third-order valence-electron chi connectivity index (χ3n) is 6.14. The Morgan fingerprint density at radius 3 is 3.15 bits per heavy atom. The van der Waals surface area contributed by atoms with Crippen LogP contribution in [0.15, 0.2) is 24.4 Å². The highest BCUT2D eigenvalue weighted by atomic mass is 16.2. The molecular weight excluding hydrogens is 338 g/mol. The minimum Gasteiger partial charge on any atom is -0.342 e. The van der Waals surface area contributed by atoms with E-state index < -0.39 is 0 Å². The SMILES string of the molecule is Cc1ccc2nc(C3CCCN(C(=O)C4CCc5[nH]ncc5C4)C3)[nH]c2c1. The van der Waals surface area contributed by atoms with E-state index in [4.69, 9.17) is 4.98 Å². The van der Waals surface area contributed by atoms with Crippen LogP contribution in [-0.2, 0) is 17.6 Å². The summed E-state index contributed by atoms with van der Waals surface area (Å²) in [5.41, 5.74) is 5.75. The molecular formula is C21H25N5O. The highest BCUT2D eigenvalue weighted by molar-refractivity contribution is 5.80. The standard InChI is InChI=1S/C21H25N5O/c1-13-4-6-18-19(9-13)24-20(23-18)15-3-2-8-26(12-15)21(27)14-5-7-17-16(10-14)11-22-25-17/h4,6,9,11,14-15H,2-3,5,7-8,10,12H2,1H3,(H,22,25)(H,23,24). The first-order valence-corrected chi connectivity index (χ1v) is 9.93. The number of aryl methyl sites for hydroxylation is 2. The Morgan fingerprint density at radius 2 is 2.22 bits per heavy atom. The lowest BCUT2D eigenvalue weighted by Crippen LogP contribution is -2.43. The second-order valence-electron chi connectivity index (χ2n) is 8.08. The number of piperidine rings is 1. The number of benzene rings is 1. The van der Waals surface area contributed by atoms with Crippen molar-refractivity contribution in [1.82, 2.24) is 25.1 Å². The van der Waals surface area contributed by atoms with Crippen molar-refractivity contribution in [3.63, 3.8) is 0 Å². The maximum Gasteiger partial charge on any atom is 0.226 e. The van der Waals surface area contributed by atoms with Crippen molar-refractivity contribution in [2.24, 2.45) is 5.92 Å². The molecule has 1 amide bonds. The predicted octanol–water partition coefficient (Wildman–Crippen LogP) is 3.11. The molecule has 140 valence electrons. The fourth-order valence-electron chi connectivity index (χ4n) is 4.62. The number of likely N-dealkylation sites (tertiary alicyclic amines) is 1. The van der Waals surface area contributed by atoms with Crippen LogP contribution in [0.2, 0.25) is 0 Å². The lowest BCUT2D eigenvalue weighted by atomic mass is 9.86. The van der Waals surface area contributed by atoms with Gasteiger partial charge in [-0.3, -0.25) is 9.89 Å². The number of rotatable bonds is 2. The molecule has 1 fully saturated rings. The molecule has 3 aromatic rings. The maximum absolute atomic E-state index is 13.1. The van der Waals surface area contributed by atoms with E-state index in [2.05, 4.69) is 45.2 Å². The summed E-state index contributed by atoms with van der Waals surface area (Å²) in [4.78, 5) is 23.5. The predicted molar refractivity (Wildman–Crippen MR) is 103 cm³/mol. The second kappa shape index (κ2) is 6.51. The van der Waals surface area contributed by atoms with E-state index in [1.807, 2.05) is 6.20 Å². The Labute approximate surface area is 158 Å². The molecule has 1 saturated heterocycles. The number of nitrogens with one attached hydrogen (secondary N) is 2. The van der Waals surface area contributed by atoms with Crippen molar-refractivity contribution in [3.8, 4) is 0 Å². The molecule has 0 saturated carbocycles. The average Bonchev–Trinajstić information content (AvgIpc) is 3.33. The Kier molecular flexibility index (Phi) is 3.99. The number of hydrogen-bond donors (Lipinski definition) is 2. The van der Waals surface area contributed by atoms with Gasteiger partial charge in [0.05, 0.1) is 17.2 Å². The zero-order valence-corrected chi connectivity index (χ0v) is 15.7. The van der Waals surface area contributed by atoms with Crippen LogP contribution in [0.3, 0.4) is 0 Å². The van der Waals surface area contributed by atoms with Crippen LogP contribution in [0.25, 0.3) is 11.0 Å². The van der Waals surface area contributed by atoms with E-state index >= 15 is 0 Å². The van der Waals surface area contributed by atoms with Gasteiger partial charge in [0.1, 0.15) is 5.82 Å². The summed E-state index contributed by atoms with van der Waals surface area (Å²) in [5.74, 6) is 1.71. The third-order valence-corrected chi connectivity index (χ3v) is 6.14. The lowest BCUT2D eigenvalue weighted by molar-refractivity contribution is -0.137. The van der Waals surface area contributed by atoms with Gasteiger partial charge in [-0.15, -0.1) is 0 Å². The summed E-state index contributed by atoms with van der Waals surface area (Å²) in [6.45, 7) is 3.73. The first kappa shape index (κ1) is 16.5. The van der Waals surface area contributed by atoms with Crippen molar-refractivity contribution in [3.05, 3.63) is 47.0 Å². The van der Waals surface area contributed by atoms with E-state index in [1.165, 1.54) is 16.8 Å². The summed E-state index contributed by atoms with van der Waals surface area (Å²) < 4.78 is 0. The van der Waals surface area contributed by atoms with Gasteiger partial charge >= 0.3 is 0 Å². The second-order valence-corrected chi connectivity index (χ2v) is 8.08. The largest absolute Gasteiger partial charge is 0.342 e. The number of hydrogen-bond acceptors (Lipinski definition) is 3. The normalized spacial score (nSPS) is 22.8. The number of carbonyl (C=O) groups excluding carboxylic acids is 1. The van der Waals surface area contributed by atoms with Crippen LogP contribution in [0.5, 0.6) is 0 Å². The van der Waals surface area contributed by atoms with E-state index in [0.717, 1.165) is 62.1 Å². The summed E-state index contributed by atoms with van der Waals surface area (Å²) in [5, 5.41) is 7.18. The zero-order chi connectivity index (χ0) is 18.4. The fraction of sp³-hybridized carbons (Fsp3) is 0.476. The number of aromatic amines is 2. The Hall–Kier alpha value is -2.63. The van der Waals surface area contributed by atoms with Crippen molar-refractivity contribution in [2.45, 2.75) is 44.9 Å². The molecule has 2 unspecified atom stereocenters. The topological polar surface area (TPSA) is 77.7 Å². The smallest absolute Gasteiger partial charge is 0.226 e. The van der Waals surface area contributed by atoms with Crippen molar-refractivity contribution in [2.75, 3.05) is 13.1 Å². The molecule has 2 N–H and O–H groups in total. The fourth-order valence-corrected chi connectivity index (χ4v) is 4.62. The van der Waals surface area contributed by atoms with Crippen molar-refractivity contribution in [1.29, 1.82) is 0 Å². The molecule has 2 aliphatic rings.